The van der Waals surface area contributed by atoms with E-state index in [1.165, 1.54) is 6.33 Å². The number of nitrogens with zero attached hydrogens (tertiary/aromatic N) is 3. The molecule has 0 atom stereocenters. The van der Waals surface area contributed by atoms with E-state index in [1.54, 1.807) is 18.0 Å². The maximum absolute atomic E-state index is 10.7. The lowest BCUT2D eigenvalue weighted by Gasteiger charge is -2.14. The van der Waals surface area contributed by atoms with Gasteiger partial charge in [0.1, 0.15) is 11.4 Å². The van der Waals surface area contributed by atoms with Crippen LogP contribution in [0.2, 0.25) is 0 Å². The molecular weight excluding hydrogens is 188 g/mol. The molecule has 1 aromatic heterocycles. The summed E-state index contributed by atoms with van der Waals surface area (Å²) in [5, 5.41) is 0.913. The molecular formula is C7H8N4OS. The average molecular weight is 196 g/mol. The van der Waals surface area contributed by atoms with E-state index >= 15 is 0 Å². The third-order valence-electron chi connectivity index (χ3n) is 1.70. The molecule has 2 N–H and O–H groups in total. The van der Waals surface area contributed by atoms with E-state index in [4.69, 9.17) is 5.73 Å². The molecule has 1 aromatic rings. The number of thioether (sulfide) groups is 1. The van der Waals surface area contributed by atoms with Crippen LogP contribution in [0.1, 0.15) is 0 Å². The number of carbonyl (C=O) groups is 1. The maximum atomic E-state index is 10.7. The molecule has 0 aromatic carbocycles. The molecule has 2 rings (SSSR count). The third kappa shape index (κ3) is 1.57. The van der Waals surface area contributed by atoms with Crippen LogP contribution in [0.15, 0.2) is 17.6 Å². The first-order valence-corrected chi connectivity index (χ1v) is 4.72. The summed E-state index contributed by atoms with van der Waals surface area (Å²) in [7, 11) is 0. The van der Waals surface area contributed by atoms with Crippen molar-refractivity contribution in [3.05, 3.63) is 12.5 Å². The number of hydrogen-bond donors (Lipinski definition) is 1. The second-order valence-electron chi connectivity index (χ2n) is 2.65. The first-order valence-electron chi connectivity index (χ1n) is 3.73. The summed E-state index contributed by atoms with van der Waals surface area (Å²) in [5.74, 6) is 0.383. The Morgan fingerprint density at radius 1 is 1.77 bits per heavy atom. The Hall–Kier alpha value is -1.30. The second kappa shape index (κ2) is 3.21. The highest BCUT2D eigenvalue weighted by Crippen LogP contribution is 2.34. The SMILES string of the molecule is NC(=O)CN1CSc2ncncc21. The molecule has 5 nitrogen and oxygen atoms in total. The van der Waals surface area contributed by atoms with E-state index in [0.29, 0.717) is 0 Å². The van der Waals surface area contributed by atoms with Crippen LogP contribution in [-0.4, -0.2) is 28.3 Å². The van der Waals surface area contributed by atoms with Crippen LogP contribution in [0.25, 0.3) is 0 Å². The quantitative estimate of drug-likeness (QED) is 0.665. The fourth-order valence-electron chi connectivity index (χ4n) is 1.17. The van der Waals surface area contributed by atoms with Gasteiger partial charge in [-0.2, -0.15) is 0 Å². The largest absolute Gasteiger partial charge is 0.368 e. The number of fused-ring (bicyclic) bond motifs is 1. The van der Waals surface area contributed by atoms with Gasteiger partial charge in [-0.3, -0.25) is 4.79 Å². The molecule has 1 aliphatic rings. The number of primary amides is 1. The van der Waals surface area contributed by atoms with Crippen molar-refractivity contribution in [3.8, 4) is 0 Å². The first-order chi connectivity index (χ1) is 6.27. The third-order valence-corrected chi connectivity index (χ3v) is 2.73. The molecule has 2 heterocycles. The minimum Gasteiger partial charge on any atom is -0.368 e. The zero-order chi connectivity index (χ0) is 9.26. The van der Waals surface area contributed by atoms with Gasteiger partial charge in [0, 0.05) is 0 Å². The Morgan fingerprint density at radius 3 is 3.38 bits per heavy atom. The van der Waals surface area contributed by atoms with Gasteiger partial charge in [-0.1, -0.05) is 11.8 Å². The van der Waals surface area contributed by atoms with Crippen LogP contribution in [0.4, 0.5) is 5.69 Å². The minimum absolute atomic E-state index is 0.230. The van der Waals surface area contributed by atoms with Gasteiger partial charge >= 0.3 is 0 Å². The summed E-state index contributed by atoms with van der Waals surface area (Å²) >= 11 is 1.58. The normalized spacial score (nSPS) is 14.3. The zero-order valence-electron chi connectivity index (χ0n) is 6.80. The Balaban J connectivity index is 2.23. The fourth-order valence-corrected chi connectivity index (χ4v) is 2.13. The lowest BCUT2D eigenvalue weighted by Crippen LogP contribution is -2.31. The van der Waals surface area contributed by atoms with Crippen LogP contribution in [0.3, 0.4) is 0 Å². The summed E-state index contributed by atoms with van der Waals surface area (Å²) in [5.41, 5.74) is 5.99. The van der Waals surface area contributed by atoms with Crippen LogP contribution >= 0.6 is 11.8 Å². The topological polar surface area (TPSA) is 72.1 Å². The predicted molar refractivity (Wildman–Crippen MR) is 49.3 cm³/mol. The number of carbonyl (C=O) groups excluding carboxylic acids is 1. The highest BCUT2D eigenvalue weighted by Gasteiger charge is 2.21. The molecule has 6 heteroatoms. The molecule has 0 spiro atoms. The number of amides is 1. The summed E-state index contributed by atoms with van der Waals surface area (Å²) < 4.78 is 0. The molecule has 1 amide bonds. The number of rotatable bonds is 2. The van der Waals surface area contributed by atoms with Crippen molar-refractivity contribution in [2.45, 2.75) is 5.03 Å². The van der Waals surface area contributed by atoms with Gasteiger partial charge < -0.3 is 10.6 Å². The molecule has 0 saturated heterocycles. The zero-order valence-corrected chi connectivity index (χ0v) is 7.62. The molecule has 68 valence electrons. The van der Waals surface area contributed by atoms with Gasteiger partial charge in [-0.25, -0.2) is 9.97 Å². The number of anilines is 1. The lowest BCUT2D eigenvalue weighted by atomic mass is 10.4. The molecule has 0 fully saturated rings. The standard InChI is InChI=1S/C7H8N4OS/c8-6(12)2-11-4-13-7-5(11)1-9-3-10-7/h1,3H,2,4H2,(H2,8,12). The lowest BCUT2D eigenvalue weighted by molar-refractivity contribution is -0.116. The molecule has 0 aliphatic carbocycles. The first kappa shape index (κ1) is 8.31. The summed E-state index contributed by atoms with van der Waals surface area (Å²) in [6.07, 6.45) is 3.20. The average Bonchev–Trinajstić information content (AvgIpc) is 2.48. The van der Waals surface area contributed by atoms with Crippen molar-refractivity contribution >= 4 is 23.4 Å². The minimum atomic E-state index is -0.336. The van der Waals surface area contributed by atoms with Crippen LogP contribution in [0, 0.1) is 0 Å². The molecule has 0 radical (unpaired) electrons. The summed E-state index contributed by atoms with van der Waals surface area (Å²) in [4.78, 5) is 20.5. The molecule has 13 heavy (non-hydrogen) atoms. The number of nitrogens with two attached hydrogens (primary N) is 1. The monoisotopic (exact) mass is 196 g/mol. The van der Waals surface area contributed by atoms with Gasteiger partial charge in [-0.05, 0) is 0 Å². The van der Waals surface area contributed by atoms with Crippen LogP contribution < -0.4 is 10.6 Å². The molecule has 1 aliphatic heterocycles. The van der Waals surface area contributed by atoms with E-state index in [0.717, 1.165) is 16.6 Å². The van der Waals surface area contributed by atoms with Gasteiger partial charge in [0.25, 0.3) is 0 Å². The Bertz CT molecular complexity index is 343. The smallest absolute Gasteiger partial charge is 0.236 e. The number of hydrogen-bond acceptors (Lipinski definition) is 5. The van der Waals surface area contributed by atoms with Crippen molar-refractivity contribution in [1.29, 1.82) is 0 Å². The van der Waals surface area contributed by atoms with E-state index in [2.05, 4.69) is 9.97 Å². The molecule has 0 saturated carbocycles. The van der Waals surface area contributed by atoms with E-state index in [-0.39, 0.29) is 12.5 Å². The Morgan fingerprint density at radius 2 is 2.62 bits per heavy atom. The molecule has 0 unspecified atom stereocenters. The van der Waals surface area contributed by atoms with Crippen LogP contribution in [0.5, 0.6) is 0 Å². The summed E-state index contributed by atoms with van der Waals surface area (Å²) in [6.45, 7) is 0.230. The van der Waals surface area contributed by atoms with Crippen LogP contribution in [-0.2, 0) is 4.79 Å². The van der Waals surface area contributed by atoms with Gasteiger partial charge in [0.05, 0.1) is 24.3 Å². The van der Waals surface area contributed by atoms with Crippen molar-refractivity contribution < 1.29 is 4.79 Å². The highest BCUT2D eigenvalue weighted by atomic mass is 32.2. The van der Waals surface area contributed by atoms with E-state index in [9.17, 15) is 4.79 Å². The second-order valence-corrected chi connectivity index (χ2v) is 3.58. The van der Waals surface area contributed by atoms with Crippen molar-refractivity contribution in [3.63, 3.8) is 0 Å². The summed E-state index contributed by atoms with van der Waals surface area (Å²) in [6, 6.07) is 0. The Kier molecular flexibility index (Phi) is 2.05. The fraction of sp³-hybridized carbons (Fsp3) is 0.286. The number of aromatic nitrogens is 2. The molecule has 0 bridgehead atoms. The van der Waals surface area contributed by atoms with Gasteiger partial charge in [0.2, 0.25) is 5.91 Å². The van der Waals surface area contributed by atoms with Crippen molar-refractivity contribution in [2.24, 2.45) is 5.73 Å². The maximum Gasteiger partial charge on any atom is 0.236 e. The van der Waals surface area contributed by atoms with Crippen molar-refractivity contribution in [1.82, 2.24) is 9.97 Å². The van der Waals surface area contributed by atoms with E-state index < -0.39 is 0 Å². The Labute approximate surface area is 79.3 Å². The van der Waals surface area contributed by atoms with Gasteiger partial charge in [0.15, 0.2) is 0 Å². The van der Waals surface area contributed by atoms with Crippen molar-refractivity contribution in [2.75, 3.05) is 17.3 Å². The van der Waals surface area contributed by atoms with Gasteiger partial charge in [-0.15, -0.1) is 0 Å². The predicted octanol–water partition coefficient (Wildman–Crippen LogP) is -0.169. The highest BCUT2D eigenvalue weighted by molar-refractivity contribution is 7.99. The van der Waals surface area contributed by atoms with E-state index in [1.807, 2.05) is 4.90 Å².